The summed E-state index contributed by atoms with van der Waals surface area (Å²) in [6.45, 7) is 5.66. The molecule has 1 fully saturated rings. The molecule has 1 saturated carbocycles. The van der Waals surface area contributed by atoms with Crippen LogP contribution in [0.3, 0.4) is 0 Å². The predicted molar refractivity (Wildman–Crippen MR) is 49.4 cm³/mol. The molecule has 0 aromatic heterocycles. The molecule has 0 amide bonds. The van der Waals surface area contributed by atoms with Gasteiger partial charge in [0.05, 0.1) is 0 Å². The van der Waals surface area contributed by atoms with E-state index in [4.69, 9.17) is 5.73 Å². The van der Waals surface area contributed by atoms with Crippen LogP contribution in [0.1, 0.15) is 46.0 Å². The lowest BCUT2D eigenvalue weighted by Gasteiger charge is -2.38. The molecule has 0 saturated heterocycles. The number of nitrogens with two attached hydrogens (primary N) is 1. The highest BCUT2D eigenvalue weighted by Gasteiger charge is 2.30. The molecule has 1 atom stereocenters. The summed E-state index contributed by atoms with van der Waals surface area (Å²) in [5.41, 5.74) is 6.15. The minimum atomic E-state index is 0.567. The van der Waals surface area contributed by atoms with Crippen molar-refractivity contribution < 1.29 is 0 Å². The van der Waals surface area contributed by atoms with Crippen molar-refractivity contribution in [3.05, 3.63) is 0 Å². The van der Waals surface area contributed by atoms with Gasteiger partial charge in [0.25, 0.3) is 0 Å². The Balaban J connectivity index is 2.45. The topological polar surface area (TPSA) is 26.0 Å². The fraction of sp³-hybridized carbons (Fsp3) is 1.00. The molecule has 1 nitrogen and oxygen atoms in total. The van der Waals surface area contributed by atoms with Gasteiger partial charge in [0, 0.05) is 0 Å². The van der Waals surface area contributed by atoms with E-state index in [1.807, 2.05) is 0 Å². The molecular formula is C10H21N. The minimum Gasteiger partial charge on any atom is -0.330 e. The summed E-state index contributed by atoms with van der Waals surface area (Å²) >= 11 is 0. The first-order valence-corrected chi connectivity index (χ1v) is 4.87. The summed E-state index contributed by atoms with van der Waals surface area (Å²) in [7, 11) is 0. The second-order valence-electron chi connectivity index (χ2n) is 4.51. The van der Waals surface area contributed by atoms with Crippen molar-refractivity contribution >= 4 is 0 Å². The summed E-state index contributed by atoms with van der Waals surface area (Å²) in [5.74, 6) is 0.890. The van der Waals surface area contributed by atoms with Gasteiger partial charge in [-0.15, -0.1) is 0 Å². The van der Waals surface area contributed by atoms with Crippen molar-refractivity contribution in [2.24, 2.45) is 17.1 Å². The van der Waals surface area contributed by atoms with Gasteiger partial charge in [-0.2, -0.15) is 0 Å². The van der Waals surface area contributed by atoms with Gasteiger partial charge in [0.2, 0.25) is 0 Å². The van der Waals surface area contributed by atoms with Crippen molar-refractivity contribution in [3.8, 4) is 0 Å². The first-order chi connectivity index (χ1) is 5.17. The van der Waals surface area contributed by atoms with Gasteiger partial charge >= 0.3 is 0 Å². The first-order valence-electron chi connectivity index (χ1n) is 4.87. The number of hydrogen-bond donors (Lipinski definition) is 1. The molecule has 1 aliphatic rings. The highest BCUT2D eigenvalue weighted by molar-refractivity contribution is 4.82. The molecule has 2 N–H and O–H groups in total. The van der Waals surface area contributed by atoms with Crippen molar-refractivity contribution in [2.75, 3.05) is 6.54 Å². The van der Waals surface area contributed by atoms with E-state index in [-0.39, 0.29) is 0 Å². The molecule has 0 spiro atoms. The molecule has 66 valence electrons. The van der Waals surface area contributed by atoms with Crippen LogP contribution in [0, 0.1) is 11.3 Å². The van der Waals surface area contributed by atoms with Crippen LogP contribution in [0.15, 0.2) is 0 Å². The predicted octanol–water partition coefficient (Wildman–Crippen LogP) is 2.55. The van der Waals surface area contributed by atoms with Gasteiger partial charge in [-0.1, -0.05) is 26.7 Å². The smallest absolute Gasteiger partial charge is 0.00744 e. The monoisotopic (exact) mass is 155 g/mol. The Kier molecular flexibility index (Phi) is 2.94. The van der Waals surface area contributed by atoms with Crippen LogP contribution < -0.4 is 5.73 Å². The first kappa shape index (κ1) is 9.05. The fourth-order valence-electron chi connectivity index (χ4n) is 2.30. The van der Waals surface area contributed by atoms with Crippen molar-refractivity contribution in [1.82, 2.24) is 0 Å². The third kappa shape index (κ3) is 2.19. The van der Waals surface area contributed by atoms with Gasteiger partial charge in [0.15, 0.2) is 0 Å². The third-order valence-electron chi connectivity index (χ3n) is 3.24. The quantitative estimate of drug-likeness (QED) is 0.651. The zero-order chi connectivity index (χ0) is 8.32. The van der Waals surface area contributed by atoms with E-state index in [0.717, 1.165) is 12.5 Å². The molecule has 0 aliphatic heterocycles. The molecular weight excluding hydrogens is 134 g/mol. The van der Waals surface area contributed by atoms with Crippen LogP contribution in [0.2, 0.25) is 0 Å². The maximum absolute atomic E-state index is 5.58. The van der Waals surface area contributed by atoms with E-state index >= 15 is 0 Å². The SMILES string of the molecule is CC1(C)CCCCC1CCN. The summed E-state index contributed by atoms with van der Waals surface area (Å²) in [6, 6.07) is 0. The van der Waals surface area contributed by atoms with Gasteiger partial charge in [-0.05, 0) is 37.1 Å². The van der Waals surface area contributed by atoms with E-state index in [1.165, 1.54) is 32.1 Å². The Morgan fingerprint density at radius 3 is 2.64 bits per heavy atom. The Bertz CT molecular complexity index is 116. The van der Waals surface area contributed by atoms with Crippen LogP contribution in [-0.4, -0.2) is 6.54 Å². The Hall–Kier alpha value is -0.0400. The Labute approximate surface area is 70.4 Å². The van der Waals surface area contributed by atoms with Crippen LogP contribution in [-0.2, 0) is 0 Å². The summed E-state index contributed by atoms with van der Waals surface area (Å²) < 4.78 is 0. The molecule has 1 heteroatoms. The van der Waals surface area contributed by atoms with Gasteiger partial charge < -0.3 is 5.73 Å². The maximum atomic E-state index is 5.58. The lowest BCUT2D eigenvalue weighted by atomic mass is 9.68. The van der Waals surface area contributed by atoms with Crippen molar-refractivity contribution in [2.45, 2.75) is 46.0 Å². The minimum absolute atomic E-state index is 0.567. The normalized spacial score (nSPS) is 30.3. The molecule has 1 unspecified atom stereocenters. The van der Waals surface area contributed by atoms with E-state index in [1.54, 1.807) is 0 Å². The molecule has 1 aliphatic carbocycles. The zero-order valence-electron chi connectivity index (χ0n) is 7.90. The molecule has 0 bridgehead atoms. The molecule has 1 rings (SSSR count). The average Bonchev–Trinajstić information content (AvgIpc) is 1.94. The molecule has 0 radical (unpaired) electrons. The highest BCUT2D eigenvalue weighted by Crippen LogP contribution is 2.41. The standard InChI is InChI=1S/C10H21N/c1-10(2)7-4-3-5-9(10)6-8-11/h9H,3-8,11H2,1-2H3. The summed E-state index contributed by atoms with van der Waals surface area (Å²) in [6.07, 6.45) is 6.89. The van der Waals surface area contributed by atoms with E-state index < -0.39 is 0 Å². The second kappa shape index (κ2) is 3.57. The number of hydrogen-bond acceptors (Lipinski definition) is 1. The Morgan fingerprint density at radius 1 is 1.36 bits per heavy atom. The summed E-state index contributed by atoms with van der Waals surface area (Å²) in [5, 5.41) is 0. The van der Waals surface area contributed by atoms with Gasteiger partial charge in [-0.3, -0.25) is 0 Å². The zero-order valence-corrected chi connectivity index (χ0v) is 7.90. The van der Waals surface area contributed by atoms with Crippen LogP contribution in [0.25, 0.3) is 0 Å². The van der Waals surface area contributed by atoms with Crippen molar-refractivity contribution in [3.63, 3.8) is 0 Å². The van der Waals surface area contributed by atoms with E-state index in [9.17, 15) is 0 Å². The average molecular weight is 155 g/mol. The molecule has 11 heavy (non-hydrogen) atoms. The molecule has 0 aromatic carbocycles. The number of rotatable bonds is 2. The fourth-order valence-corrected chi connectivity index (χ4v) is 2.30. The van der Waals surface area contributed by atoms with E-state index in [0.29, 0.717) is 5.41 Å². The van der Waals surface area contributed by atoms with Crippen LogP contribution in [0.5, 0.6) is 0 Å². The van der Waals surface area contributed by atoms with Gasteiger partial charge in [-0.25, -0.2) is 0 Å². The molecule has 0 aromatic rings. The Morgan fingerprint density at radius 2 is 2.09 bits per heavy atom. The van der Waals surface area contributed by atoms with Gasteiger partial charge in [0.1, 0.15) is 0 Å². The van der Waals surface area contributed by atoms with Crippen LogP contribution in [0.4, 0.5) is 0 Å². The lowest BCUT2D eigenvalue weighted by Crippen LogP contribution is -2.29. The summed E-state index contributed by atoms with van der Waals surface area (Å²) in [4.78, 5) is 0. The van der Waals surface area contributed by atoms with Crippen LogP contribution >= 0.6 is 0 Å². The third-order valence-corrected chi connectivity index (χ3v) is 3.24. The maximum Gasteiger partial charge on any atom is -0.00744 e. The second-order valence-corrected chi connectivity index (χ2v) is 4.51. The lowest BCUT2D eigenvalue weighted by molar-refractivity contribution is 0.131. The van der Waals surface area contributed by atoms with E-state index in [2.05, 4.69) is 13.8 Å². The largest absolute Gasteiger partial charge is 0.330 e. The van der Waals surface area contributed by atoms with Crippen molar-refractivity contribution in [1.29, 1.82) is 0 Å². The highest BCUT2D eigenvalue weighted by atomic mass is 14.5. The molecule has 0 heterocycles.